The Morgan fingerprint density at radius 1 is 0.974 bits per heavy atom. The van der Waals surface area contributed by atoms with Crippen molar-refractivity contribution in [2.75, 3.05) is 27.4 Å². The van der Waals surface area contributed by atoms with Crippen molar-refractivity contribution < 1.29 is 28.9 Å². The molecule has 204 valence electrons. The molecule has 0 saturated heterocycles. The number of methoxy groups -OCH3 is 2. The molecule has 39 heavy (non-hydrogen) atoms. The number of fused-ring (bicyclic) bond motifs is 1. The maximum absolute atomic E-state index is 13.6. The highest BCUT2D eigenvalue weighted by Crippen LogP contribution is 2.31. The largest absolute Gasteiger partial charge is 0.496 e. The Bertz CT molecular complexity index is 1480. The van der Waals surface area contributed by atoms with E-state index < -0.39 is 12.0 Å². The summed E-state index contributed by atoms with van der Waals surface area (Å²) in [4.78, 5) is 25.6. The highest BCUT2D eigenvalue weighted by molar-refractivity contribution is 5.99. The lowest BCUT2D eigenvalue weighted by molar-refractivity contribution is 0.0597. The number of hydrogen-bond donors (Lipinski definition) is 2. The van der Waals surface area contributed by atoms with E-state index in [1.54, 1.807) is 30.3 Å². The number of aryl methyl sites for hydroxylation is 1. The molecule has 8 nitrogen and oxygen atoms in total. The highest BCUT2D eigenvalue weighted by atomic mass is 16.5. The average molecular weight is 531 g/mol. The predicted molar refractivity (Wildman–Crippen MR) is 151 cm³/mol. The van der Waals surface area contributed by atoms with Crippen LogP contribution in [0.2, 0.25) is 0 Å². The topological polar surface area (TPSA) is 99.0 Å². The van der Waals surface area contributed by atoms with Gasteiger partial charge in [0.05, 0.1) is 39.0 Å². The molecule has 4 rings (SSSR count). The van der Waals surface area contributed by atoms with Gasteiger partial charge in [0, 0.05) is 24.1 Å². The summed E-state index contributed by atoms with van der Waals surface area (Å²) in [5, 5.41) is 14.2. The maximum Gasteiger partial charge on any atom is 0.341 e. The van der Waals surface area contributed by atoms with Crippen LogP contribution in [0.3, 0.4) is 0 Å². The summed E-state index contributed by atoms with van der Waals surface area (Å²) in [6.45, 7) is 2.24. The van der Waals surface area contributed by atoms with E-state index in [-0.39, 0.29) is 12.5 Å². The minimum Gasteiger partial charge on any atom is -0.496 e. The van der Waals surface area contributed by atoms with Crippen molar-refractivity contribution in [2.45, 2.75) is 25.8 Å². The molecule has 0 radical (unpaired) electrons. The van der Waals surface area contributed by atoms with Crippen LogP contribution in [-0.2, 0) is 18.2 Å². The zero-order valence-electron chi connectivity index (χ0n) is 22.7. The molecule has 3 aromatic carbocycles. The smallest absolute Gasteiger partial charge is 0.341 e. The number of nitrogens with one attached hydrogen (secondary N) is 1. The van der Waals surface area contributed by atoms with Crippen molar-refractivity contribution in [3.8, 4) is 22.6 Å². The molecule has 1 amide bonds. The van der Waals surface area contributed by atoms with Crippen molar-refractivity contribution in [3.63, 3.8) is 0 Å². The first-order valence-corrected chi connectivity index (χ1v) is 12.9. The first-order chi connectivity index (χ1) is 18.9. The van der Waals surface area contributed by atoms with Crippen LogP contribution in [0.15, 0.2) is 66.9 Å². The molecule has 1 aromatic heterocycles. The molecule has 1 atom stereocenters. The van der Waals surface area contributed by atoms with Crippen LogP contribution in [0.25, 0.3) is 22.0 Å². The van der Waals surface area contributed by atoms with E-state index in [0.717, 1.165) is 34.0 Å². The zero-order chi connectivity index (χ0) is 27.9. The molecule has 0 aliphatic heterocycles. The van der Waals surface area contributed by atoms with E-state index in [9.17, 15) is 14.7 Å². The number of ether oxygens (including phenoxy) is 3. The summed E-state index contributed by atoms with van der Waals surface area (Å²) in [6, 6.07) is 18.1. The van der Waals surface area contributed by atoms with Crippen LogP contribution in [0.5, 0.6) is 11.5 Å². The van der Waals surface area contributed by atoms with Gasteiger partial charge in [-0.15, -0.1) is 0 Å². The van der Waals surface area contributed by atoms with Crippen molar-refractivity contribution in [1.82, 2.24) is 9.88 Å². The number of rotatable bonds is 11. The van der Waals surface area contributed by atoms with Gasteiger partial charge in [0.1, 0.15) is 17.1 Å². The number of para-hydroxylation sites is 1. The molecular formula is C31H34N2O6. The number of aliphatic hydroxyl groups excluding tert-OH is 1. The number of esters is 1. The van der Waals surface area contributed by atoms with Gasteiger partial charge in [0.25, 0.3) is 5.91 Å². The number of hydrogen-bond acceptors (Lipinski definition) is 6. The monoisotopic (exact) mass is 530 g/mol. The molecule has 8 heteroatoms. The Labute approximate surface area is 228 Å². The highest BCUT2D eigenvalue weighted by Gasteiger charge is 2.21. The SMILES string of the molecule is CCCOc1ccc(-c2ccc(C(=O)OC)c(OC)c2)cc1C(=O)N[C@@H](CO)Cc1cn(C)c2ccccc12. The van der Waals surface area contributed by atoms with Crippen LogP contribution < -0.4 is 14.8 Å². The van der Waals surface area contributed by atoms with E-state index in [1.165, 1.54) is 14.2 Å². The molecule has 0 unspecified atom stereocenters. The van der Waals surface area contributed by atoms with E-state index in [4.69, 9.17) is 14.2 Å². The molecule has 0 bridgehead atoms. The Kier molecular flexibility index (Phi) is 8.88. The number of amides is 1. The minimum absolute atomic E-state index is 0.216. The lowest BCUT2D eigenvalue weighted by atomic mass is 9.99. The Morgan fingerprint density at radius 3 is 2.44 bits per heavy atom. The normalized spacial score (nSPS) is 11.7. The maximum atomic E-state index is 13.6. The minimum atomic E-state index is -0.497. The lowest BCUT2D eigenvalue weighted by Gasteiger charge is -2.19. The van der Waals surface area contributed by atoms with Crippen molar-refractivity contribution in [1.29, 1.82) is 0 Å². The quantitative estimate of drug-likeness (QED) is 0.271. The second-order valence-corrected chi connectivity index (χ2v) is 9.31. The van der Waals surface area contributed by atoms with Gasteiger partial charge in [0.2, 0.25) is 0 Å². The van der Waals surface area contributed by atoms with Crippen molar-refractivity contribution in [2.24, 2.45) is 7.05 Å². The zero-order valence-corrected chi connectivity index (χ0v) is 22.7. The van der Waals surface area contributed by atoms with E-state index in [0.29, 0.717) is 35.7 Å². The fourth-order valence-electron chi connectivity index (χ4n) is 4.65. The molecule has 2 N–H and O–H groups in total. The van der Waals surface area contributed by atoms with E-state index >= 15 is 0 Å². The summed E-state index contributed by atoms with van der Waals surface area (Å²) in [5.74, 6) is -0.0198. The van der Waals surface area contributed by atoms with Gasteiger partial charge in [0.15, 0.2) is 0 Å². The number of carbonyl (C=O) groups excluding carboxylic acids is 2. The van der Waals surface area contributed by atoms with Crippen LogP contribution in [0, 0.1) is 0 Å². The number of benzene rings is 3. The van der Waals surface area contributed by atoms with E-state index in [1.807, 2.05) is 55.1 Å². The number of aromatic nitrogens is 1. The number of carbonyl (C=O) groups is 2. The molecule has 4 aromatic rings. The molecule has 1 heterocycles. The average Bonchev–Trinajstić information content (AvgIpc) is 3.29. The van der Waals surface area contributed by atoms with Crippen LogP contribution in [0.4, 0.5) is 0 Å². The van der Waals surface area contributed by atoms with Gasteiger partial charge in [-0.05, 0) is 59.9 Å². The summed E-state index contributed by atoms with van der Waals surface area (Å²) in [5.41, 5.74) is 4.30. The summed E-state index contributed by atoms with van der Waals surface area (Å²) >= 11 is 0. The second kappa shape index (κ2) is 12.5. The molecular weight excluding hydrogens is 496 g/mol. The molecule has 0 spiro atoms. The van der Waals surface area contributed by atoms with Crippen LogP contribution in [-0.4, -0.2) is 55.0 Å². The van der Waals surface area contributed by atoms with E-state index in [2.05, 4.69) is 5.32 Å². The standard InChI is InChI=1S/C31H34N2O6/c1-5-14-39-28-13-11-20(21-10-12-25(31(36)38-4)29(17-21)37-3)16-26(28)30(35)32-23(19-34)15-22-18-33(2)27-9-7-6-8-24(22)27/h6-13,16-18,23,34H,5,14-15,19H2,1-4H3,(H,32,35)/t23-/m1/s1. The van der Waals surface area contributed by atoms with Crippen molar-refractivity contribution in [3.05, 3.63) is 83.6 Å². The van der Waals surface area contributed by atoms with Gasteiger partial charge in [-0.2, -0.15) is 0 Å². The Balaban J connectivity index is 1.64. The van der Waals surface area contributed by atoms with Crippen LogP contribution in [0.1, 0.15) is 39.6 Å². The first kappa shape index (κ1) is 27.7. The third-order valence-electron chi connectivity index (χ3n) is 6.63. The molecule has 0 fully saturated rings. The number of nitrogens with zero attached hydrogens (tertiary/aromatic N) is 1. The number of aliphatic hydroxyl groups is 1. The first-order valence-electron chi connectivity index (χ1n) is 12.9. The van der Waals surface area contributed by atoms with Gasteiger partial charge in [-0.1, -0.05) is 37.3 Å². The Morgan fingerprint density at radius 2 is 1.72 bits per heavy atom. The van der Waals surface area contributed by atoms with Gasteiger partial charge in [-0.25, -0.2) is 4.79 Å². The van der Waals surface area contributed by atoms with Gasteiger partial charge in [-0.3, -0.25) is 4.79 Å². The fraction of sp³-hybridized carbons (Fsp3) is 0.290. The van der Waals surface area contributed by atoms with Gasteiger partial charge >= 0.3 is 5.97 Å². The predicted octanol–water partition coefficient (Wildman–Crippen LogP) is 4.76. The molecule has 0 aliphatic carbocycles. The second-order valence-electron chi connectivity index (χ2n) is 9.31. The fourth-order valence-corrected chi connectivity index (χ4v) is 4.65. The summed E-state index contributed by atoms with van der Waals surface area (Å²) in [7, 11) is 4.78. The molecule has 0 saturated carbocycles. The third-order valence-corrected chi connectivity index (χ3v) is 6.63. The lowest BCUT2D eigenvalue weighted by Crippen LogP contribution is -2.39. The third kappa shape index (κ3) is 6.07. The summed E-state index contributed by atoms with van der Waals surface area (Å²) in [6.07, 6.45) is 3.29. The summed E-state index contributed by atoms with van der Waals surface area (Å²) < 4.78 is 18.2. The molecule has 0 aliphatic rings. The Hall–Kier alpha value is -4.30. The van der Waals surface area contributed by atoms with Crippen molar-refractivity contribution >= 4 is 22.8 Å². The van der Waals surface area contributed by atoms with Crippen LogP contribution >= 0.6 is 0 Å². The van der Waals surface area contributed by atoms with Gasteiger partial charge < -0.3 is 29.2 Å².